The summed E-state index contributed by atoms with van der Waals surface area (Å²) in [5.41, 5.74) is -0.806. The van der Waals surface area contributed by atoms with E-state index in [9.17, 15) is 9.59 Å². The largest absolute Gasteiger partial charge is 0.477 e. The fraction of sp³-hybridized carbons (Fsp3) is 0.375. The molecule has 0 bridgehead atoms. The fourth-order valence-electron chi connectivity index (χ4n) is 1.05. The van der Waals surface area contributed by atoms with Crippen LogP contribution in [0.5, 0.6) is 0 Å². The Morgan fingerprint density at radius 1 is 1.69 bits per heavy atom. The summed E-state index contributed by atoms with van der Waals surface area (Å²) in [5, 5.41) is 8.60. The van der Waals surface area contributed by atoms with Gasteiger partial charge in [0.25, 0.3) is 5.56 Å². The SMILES string of the molecule is CCc1ncc(C(=O)O)c(=O)n1C. The van der Waals surface area contributed by atoms with E-state index in [2.05, 4.69) is 4.98 Å². The van der Waals surface area contributed by atoms with E-state index in [1.807, 2.05) is 6.92 Å². The first kappa shape index (κ1) is 9.44. The molecule has 1 heterocycles. The zero-order valence-electron chi connectivity index (χ0n) is 7.44. The van der Waals surface area contributed by atoms with Gasteiger partial charge in [0, 0.05) is 19.7 Å². The zero-order valence-corrected chi connectivity index (χ0v) is 7.44. The lowest BCUT2D eigenvalue weighted by atomic mass is 10.3. The van der Waals surface area contributed by atoms with Gasteiger partial charge in [-0.05, 0) is 0 Å². The molecule has 0 fully saturated rings. The van der Waals surface area contributed by atoms with Crippen LogP contribution in [0.1, 0.15) is 23.1 Å². The third-order valence-electron chi connectivity index (χ3n) is 1.81. The number of hydrogen-bond donors (Lipinski definition) is 1. The van der Waals surface area contributed by atoms with Gasteiger partial charge < -0.3 is 5.11 Å². The second-order valence-electron chi connectivity index (χ2n) is 2.61. The highest BCUT2D eigenvalue weighted by atomic mass is 16.4. The van der Waals surface area contributed by atoms with Crippen LogP contribution >= 0.6 is 0 Å². The molecule has 0 atom stereocenters. The molecule has 0 saturated carbocycles. The average molecular weight is 182 g/mol. The summed E-state index contributed by atoms with van der Waals surface area (Å²) in [6.07, 6.45) is 1.70. The van der Waals surface area contributed by atoms with Crippen LogP contribution < -0.4 is 5.56 Å². The molecule has 5 heteroatoms. The number of rotatable bonds is 2. The third kappa shape index (κ3) is 1.58. The van der Waals surface area contributed by atoms with Crippen LogP contribution in [0, 0.1) is 0 Å². The van der Waals surface area contributed by atoms with Crippen LogP contribution in [0.3, 0.4) is 0 Å². The number of nitrogens with zero attached hydrogens (tertiary/aromatic N) is 2. The standard InChI is InChI=1S/C8H10N2O3/c1-3-6-9-4-5(8(12)13)7(11)10(6)2/h4H,3H2,1-2H3,(H,12,13). The van der Waals surface area contributed by atoms with Crippen molar-refractivity contribution in [3.8, 4) is 0 Å². The highest BCUT2D eigenvalue weighted by molar-refractivity contribution is 5.86. The van der Waals surface area contributed by atoms with Gasteiger partial charge in [0.1, 0.15) is 11.4 Å². The monoisotopic (exact) mass is 182 g/mol. The smallest absolute Gasteiger partial charge is 0.342 e. The summed E-state index contributed by atoms with van der Waals surface area (Å²) in [5.74, 6) is -0.661. The molecule has 0 spiro atoms. The van der Waals surface area contributed by atoms with Crippen molar-refractivity contribution in [2.24, 2.45) is 7.05 Å². The first-order valence-electron chi connectivity index (χ1n) is 3.86. The van der Waals surface area contributed by atoms with Crippen molar-refractivity contribution in [1.82, 2.24) is 9.55 Å². The Balaban J connectivity index is 3.40. The first-order chi connectivity index (χ1) is 6.07. The van der Waals surface area contributed by atoms with E-state index >= 15 is 0 Å². The van der Waals surface area contributed by atoms with Crippen LogP contribution in [0.2, 0.25) is 0 Å². The highest BCUT2D eigenvalue weighted by Crippen LogP contribution is 1.93. The molecule has 0 saturated heterocycles. The Bertz CT molecular complexity index is 395. The lowest BCUT2D eigenvalue weighted by Crippen LogP contribution is -2.27. The van der Waals surface area contributed by atoms with Crippen LogP contribution in [0.15, 0.2) is 11.0 Å². The normalized spacial score (nSPS) is 10.0. The molecule has 1 aromatic rings. The van der Waals surface area contributed by atoms with Gasteiger partial charge >= 0.3 is 5.97 Å². The van der Waals surface area contributed by atoms with E-state index in [1.165, 1.54) is 11.6 Å². The average Bonchev–Trinajstić information content (AvgIpc) is 2.09. The summed E-state index contributed by atoms with van der Waals surface area (Å²) < 4.78 is 1.25. The molecule has 1 N–H and O–H groups in total. The van der Waals surface area contributed by atoms with Crippen molar-refractivity contribution in [2.45, 2.75) is 13.3 Å². The summed E-state index contributed by atoms with van der Waals surface area (Å²) in [7, 11) is 1.51. The van der Waals surface area contributed by atoms with Gasteiger partial charge in [-0.15, -0.1) is 0 Å². The summed E-state index contributed by atoms with van der Waals surface area (Å²) >= 11 is 0. The van der Waals surface area contributed by atoms with Crippen LogP contribution in [0.25, 0.3) is 0 Å². The van der Waals surface area contributed by atoms with Gasteiger partial charge in [-0.2, -0.15) is 0 Å². The molecule has 13 heavy (non-hydrogen) atoms. The van der Waals surface area contributed by atoms with Gasteiger partial charge in [0.15, 0.2) is 0 Å². The topological polar surface area (TPSA) is 72.2 Å². The molecule has 0 aliphatic rings. The molecule has 0 radical (unpaired) electrons. The molecular weight excluding hydrogens is 172 g/mol. The molecular formula is C8H10N2O3. The van der Waals surface area contributed by atoms with Crippen LogP contribution in [-0.4, -0.2) is 20.6 Å². The maximum absolute atomic E-state index is 11.3. The molecule has 0 aromatic carbocycles. The number of carbonyl (C=O) groups is 1. The maximum Gasteiger partial charge on any atom is 0.342 e. The molecule has 0 aliphatic carbocycles. The minimum atomic E-state index is -1.24. The van der Waals surface area contributed by atoms with E-state index < -0.39 is 11.5 Å². The van der Waals surface area contributed by atoms with Crippen molar-refractivity contribution in [3.63, 3.8) is 0 Å². The molecule has 5 nitrogen and oxygen atoms in total. The Morgan fingerprint density at radius 3 is 2.77 bits per heavy atom. The van der Waals surface area contributed by atoms with E-state index in [-0.39, 0.29) is 5.56 Å². The Labute approximate surface area is 74.7 Å². The van der Waals surface area contributed by atoms with Gasteiger partial charge in [-0.3, -0.25) is 9.36 Å². The Kier molecular flexibility index (Phi) is 2.46. The van der Waals surface area contributed by atoms with Crippen LogP contribution in [-0.2, 0) is 13.5 Å². The lowest BCUT2D eigenvalue weighted by Gasteiger charge is -2.04. The van der Waals surface area contributed by atoms with Gasteiger partial charge in [-0.25, -0.2) is 9.78 Å². The number of aromatic carboxylic acids is 1. The molecule has 0 amide bonds. The van der Waals surface area contributed by atoms with Crippen molar-refractivity contribution < 1.29 is 9.90 Å². The van der Waals surface area contributed by atoms with Gasteiger partial charge in [-0.1, -0.05) is 6.92 Å². The quantitative estimate of drug-likeness (QED) is 0.701. The second-order valence-corrected chi connectivity index (χ2v) is 2.61. The minimum Gasteiger partial charge on any atom is -0.477 e. The predicted molar refractivity (Wildman–Crippen MR) is 45.8 cm³/mol. The third-order valence-corrected chi connectivity index (χ3v) is 1.81. The van der Waals surface area contributed by atoms with Crippen molar-refractivity contribution in [1.29, 1.82) is 0 Å². The number of aromatic nitrogens is 2. The molecule has 1 aromatic heterocycles. The Hall–Kier alpha value is -1.65. The fourth-order valence-corrected chi connectivity index (χ4v) is 1.05. The number of carboxylic acids is 1. The molecule has 0 aliphatic heterocycles. The van der Waals surface area contributed by atoms with Gasteiger partial charge in [0.05, 0.1) is 0 Å². The van der Waals surface area contributed by atoms with Crippen LogP contribution in [0.4, 0.5) is 0 Å². The summed E-state index contributed by atoms with van der Waals surface area (Å²) in [6, 6.07) is 0. The number of carboxylic acid groups (broad SMARTS) is 1. The Morgan fingerprint density at radius 2 is 2.31 bits per heavy atom. The zero-order chi connectivity index (χ0) is 10.0. The minimum absolute atomic E-state index is 0.292. The second kappa shape index (κ2) is 3.38. The van der Waals surface area contributed by atoms with E-state index in [1.54, 1.807) is 0 Å². The lowest BCUT2D eigenvalue weighted by molar-refractivity contribution is 0.0693. The highest BCUT2D eigenvalue weighted by Gasteiger charge is 2.11. The van der Waals surface area contributed by atoms with Crippen molar-refractivity contribution >= 4 is 5.97 Å². The number of hydrogen-bond acceptors (Lipinski definition) is 3. The molecule has 70 valence electrons. The maximum atomic E-state index is 11.3. The molecule has 1 rings (SSSR count). The van der Waals surface area contributed by atoms with E-state index in [0.717, 1.165) is 6.20 Å². The first-order valence-corrected chi connectivity index (χ1v) is 3.86. The van der Waals surface area contributed by atoms with E-state index in [0.29, 0.717) is 12.2 Å². The predicted octanol–water partition coefficient (Wildman–Crippen LogP) is 0.0409. The van der Waals surface area contributed by atoms with Crippen molar-refractivity contribution in [3.05, 3.63) is 27.9 Å². The summed E-state index contributed by atoms with van der Waals surface area (Å²) in [6.45, 7) is 1.85. The van der Waals surface area contributed by atoms with Crippen molar-refractivity contribution in [2.75, 3.05) is 0 Å². The number of aryl methyl sites for hydroxylation is 1. The van der Waals surface area contributed by atoms with Gasteiger partial charge in [0.2, 0.25) is 0 Å². The van der Waals surface area contributed by atoms with E-state index in [4.69, 9.17) is 5.11 Å². The molecule has 0 unspecified atom stereocenters. The summed E-state index contributed by atoms with van der Waals surface area (Å²) in [4.78, 5) is 25.7.